The highest BCUT2D eigenvalue weighted by molar-refractivity contribution is 5.77. The minimum absolute atomic E-state index is 0.000188. The molecular formula is C37H58O6. The van der Waals surface area contributed by atoms with Crippen molar-refractivity contribution < 1.29 is 28.6 Å². The number of allylic oxidation sites excluding steroid dienone is 1. The minimum atomic E-state index is -0.374. The summed E-state index contributed by atoms with van der Waals surface area (Å²) in [5, 5.41) is 0. The molecule has 0 aromatic carbocycles. The van der Waals surface area contributed by atoms with Crippen molar-refractivity contribution in [1.82, 2.24) is 0 Å². The van der Waals surface area contributed by atoms with Gasteiger partial charge in [-0.05, 0) is 117 Å². The number of esters is 3. The van der Waals surface area contributed by atoms with Crippen molar-refractivity contribution in [3.05, 3.63) is 12.2 Å². The Balaban J connectivity index is 1.42. The first-order valence-electron chi connectivity index (χ1n) is 17.1. The van der Waals surface area contributed by atoms with Crippen LogP contribution in [0.3, 0.4) is 0 Å². The van der Waals surface area contributed by atoms with Gasteiger partial charge in [-0.3, -0.25) is 14.4 Å². The summed E-state index contributed by atoms with van der Waals surface area (Å²) in [5.41, 5.74) is 1.91. The molecule has 0 radical (unpaired) electrons. The van der Waals surface area contributed by atoms with Crippen LogP contribution in [0.1, 0.15) is 126 Å². The van der Waals surface area contributed by atoms with Crippen molar-refractivity contribution in [3.8, 4) is 0 Å². The largest absolute Gasteiger partial charge is 0.469 e. The van der Waals surface area contributed by atoms with Gasteiger partial charge < -0.3 is 14.2 Å². The molecule has 0 unspecified atom stereocenters. The second-order valence-electron chi connectivity index (χ2n) is 16.7. The van der Waals surface area contributed by atoms with Crippen LogP contribution in [-0.4, -0.2) is 37.7 Å². The van der Waals surface area contributed by atoms with Crippen molar-refractivity contribution in [2.24, 2.45) is 56.7 Å². The van der Waals surface area contributed by atoms with Crippen molar-refractivity contribution in [2.75, 3.05) is 13.7 Å². The summed E-state index contributed by atoms with van der Waals surface area (Å²) in [6.07, 6.45) is 11.6. The van der Waals surface area contributed by atoms with E-state index >= 15 is 0 Å². The Morgan fingerprint density at radius 1 is 0.767 bits per heavy atom. The first-order valence-corrected chi connectivity index (χ1v) is 17.1. The highest BCUT2D eigenvalue weighted by Crippen LogP contribution is 2.77. The Hall–Kier alpha value is -1.85. The highest BCUT2D eigenvalue weighted by atomic mass is 16.5. The first kappa shape index (κ1) is 32.5. The molecule has 5 aliphatic rings. The number of methoxy groups -OCH3 is 1. The number of hydrogen-bond acceptors (Lipinski definition) is 6. The summed E-state index contributed by atoms with van der Waals surface area (Å²) in [4.78, 5) is 36.3. The van der Waals surface area contributed by atoms with E-state index in [4.69, 9.17) is 14.2 Å². The van der Waals surface area contributed by atoms with E-state index in [0.29, 0.717) is 36.2 Å². The summed E-state index contributed by atoms with van der Waals surface area (Å²) in [6.45, 7) is 21.3. The predicted molar refractivity (Wildman–Crippen MR) is 167 cm³/mol. The Labute approximate surface area is 260 Å². The van der Waals surface area contributed by atoms with Gasteiger partial charge in [0.1, 0.15) is 6.10 Å². The molecule has 0 spiro atoms. The maximum absolute atomic E-state index is 12.7. The SMILES string of the molecule is C=C(C)[C@@H]1CC[C@@]2(COC(=O)CCC(=O)OC)CC[C@]3(C)[C@H](CC[C@H]4[C@@]5(C)CC[C@H](OC(C)=O)C(C)(C)[C@@H]5CC[C@]43C)[C@H]12. The number of hydrogen-bond donors (Lipinski definition) is 0. The van der Waals surface area contributed by atoms with Gasteiger partial charge in [0.2, 0.25) is 0 Å². The monoisotopic (exact) mass is 598 g/mol. The lowest BCUT2D eigenvalue weighted by Crippen LogP contribution is -2.67. The minimum Gasteiger partial charge on any atom is -0.469 e. The molecule has 0 heterocycles. The molecule has 5 rings (SSSR count). The van der Waals surface area contributed by atoms with E-state index in [0.717, 1.165) is 32.1 Å². The molecule has 0 aromatic rings. The molecule has 6 heteroatoms. The third-order valence-corrected chi connectivity index (χ3v) is 14.8. The van der Waals surface area contributed by atoms with Crippen LogP contribution in [0.15, 0.2) is 12.2 Å². The van der Waals surface area contributed by atoms with Gasteiger partial charge in [-0.15, -0.1) is 0 Å². The molecule has 0 amide bonds. The Morgan fingerprint density at radius 2 is 1.47 bits per heavy atom. The average molecular weight is 599 g/mol. The van der Waals surface area contributed by atoms with Crippen molar-refractivity contribution >= 4 is 17.9 Å². The lowest BCUT2D eigenvalue weighted by Gasteiger charge is -2.73. The summed E-state index contributed by atoms with van der Waals surface area (Å²) in [7, 11) is 1.35. The third kappa shape index (κ3) is 5.00. The molecule has 0 aromatic heterocycles. The van der Waals surface area contributed by atoms with Crippen LogP contribution in [0.4, 0.5) is 0 Å². The fraction of sp³-hybridized carbons (Fsp3) is 0.865. The molecule has 43 heavy (non-hydrogen) atoms. The topological polar surface area (TPSA) is 78.9 Å². The van der Waals surface area contributed by atoms with E-state index in [-0.39, 0.29) is 63.9 Å². The number of ether oxygens (including phenoxy) is 3. The molecule has 242 valence electrons. The fourth-order valence-corrected chi connectivity index (χ4v) is 12.5. The van der Waals surface area contributed by atoms with E-state index in [1.807, 2.05) is 0 Å². The Morgan fingerprint density at radius 3 is 2.12 bits per heavy atom. The lowest BCUT2D eigenvalue weighted by atomic mass is 9.32. The van der Waals surface area contributed by atoms with Crippen molar-refractivity contribution in [2.45, 2.75) is 132 Å². The van der Waals surface area contributed by atoms with Crippen LogP contribution >= 0.6 is 0 Å². The van der Waals surface area contributed by atoms with Crippen LogP contribution in [0.2, 0.25) is 0 Å². The molecule has 10 atom stereocenters. The second-order valence-corrected chi connectivity index (χ2v) is 16.7. The van der Waals surface area contributed by atoms with Crippen molar-refractivity contribution in [1.29, 1.82) is 0 Å². The summed E-state index contributed by atoms with van der Waals surface area (Å²) in [5.74, 6) is 1.87. The summed E-state index contributed by atoms with van der Waals surface area (Å²) < 4.78 is 16.6. The lowest BCUT2D eigenvalue weighted by molar-refractivity contribution is -0.252. The van der Waals surface area contributed by atoms with E-state index < -0.39 is 0 Å². The van der Waals surface area contributed by atoms with E-state index in [1.54, 1.807) is 6.92 Å². The van der Waals surface area contributed by atoms with Gasteiger partial charge in [0.05, 0.1) is 26.6 Å². The summed E-state index contributed by atoms with van der Waals surface area (Å²) >= 11 is 0. The zero-order valence-corrected chi connectivity index (χ0v) is 28.3. The van der Waals surface area contributed by atoms with Crippen LogP contribution in [0, 0.1) is 56.7 Å². The second kappa shape index (κ2) is 11.2. The first-order chi connectivity index (χ1) is 20.1. The van der Waals surface area contributed by atoms with E-state index in [1.165, 1.54) is 44.8 Å². The van der Waals surface area contributed by atoms with E-state index in [2.05, 4.69) is 48.1 Å². The van der Waals surface area contributed by atoms with Gasteiger partial charge in [-0.1, -0.05) is 46.8 Å². The maximum atomic E-state index is 12.7. The zero-order valence-electron chi connectivity index (χ0n) is 28.3. The fourth-order valence-electron chi connectivity index (χ4n) is 12.5. The normalized spacial score (nSPS) is 44.6. The van der Waals surface area contributed by atoms with E-state index in [9.17, 15) is 14.4 Å². The van der Waals surface area contributed by atoms with Gasteiger partial charge in [-0.25, -0.2) is 0 Å². The smallest absolute Gasteiger partial charge is 0.306 e. The molecule has 0 saturated heterocycles. The summed E-state index contributed by atoms with van der Waals surface area (Å²) in [6, 6.07) is 0. The zero-order chi connectivity index (χ0) is 31.6. The maximum Gasteiger partial charge on any atom is 0.306 e. The molecule has 6 nitrogen and oxygen atoms in total. The molecule has 5 aliphatic carbocycles. The number of rotatable bonds is 7. The molecule has 5 fully saturated rings. The van der Waals surface area contributed by atoms with Crippen molar-refractivity contribution in [3.63, 3.8) is 0 Å². The number of fused-ring (bicyclic) bond motifs is 7. The highest BCUT2D eigenvalue weighted by Gasteiger charge is 2.71. The number of carbonyl (C=O) groups is 3. The quantitative estimate of drug-likeness (QED) is 0.168. The standard InChI is InChI=1S/C37H58O6/c1-23(2)25-14-19-37(22-42-31(40)13-12-30(39)41-9)21-20-35(7)26(32(25)37)10-11-28-34(6)17-16-29(43-24(3)38)33(4,5)27(34)15-18-36(28,35)8/h25-29,32H,1,10-22H2,2-9H3/t25-,26+,27-,28-,29-,32-,34-,35+,36+,37-/m0/s1. The third-order valence-electron chi connectivity index (χ3n) is 14.8. The van der Waals surface area contributed by atoms with Gasteiger partial charge in [0.15, 0.2) is 0 Å². The van der Waals surface area contributed by atoms with Crippen LogP contribution in [-0.2, 0) is 28.6 Å². The van der Waals surface area contributed by atoms with Crippen LogP contribution < -0.4 is 0 Å². The molecular weight excluding hydrogens is 540 g/mol. The van der Waals surface area contributed by atoms with Crippen LogP contribution in [0.25, 0.3) is 0 Å². The van der Waals surface area contributed by atoms with Gasteiger partial charge >= 0.3 is 17.9 Å². The molecule has 5 saturated carbocycles. The van der Waals surface area contributed by atoms with Crippen LogP contribution in [0.5, 0.6) is 0 Å². The number of carbonyl (C=O) groups excluding carboxylic acids is 3. The molecule has 0 bridgehead atoms. The molecule has 0 aliphatic heterocycles. The predicted octanol–water partition coefficient (Wildman–Crippen LogP) is 8.07. The van der Waals surface area contributed by atoms with Gasteiger partial charge in [-0.2, -0.15) is 0 Å². The molecule has 0 N–H and O–H groups in total. The van der Waals surface area contributed by atoms with Gasteiger partial charge in [0.25, 0.3) is 0 Å². The Bertz CT molecular complexity index is 1140. The Kier molecular flexibility index (Phi) is 8.47. The van der Waals surface area contributed by atoms with Gasteiger partial charge in [0, 0.05) is 17.8 Å². The average Bonchev–Trinajstić information content (AvgIpc) is 3.32.